The molecule has 2 aromatic rings. The van der Waals surface area contributed by atoms with Crippen LogP contribution in [-0.4, -0.2) is 53.5 Å². The maximum atomic E-state index is 5.53. The summed E-state index contributed by atoms with van der Waals surface area (Å²) in [6.45, 7) is 6.39. The molecule has 170 valence electrons. The summed E-state index contributed by atoms with van der Waals surface area (Å²) in [6.07, 6.45) is 5.75. The number of nitrogens with zero attached hydrogens (tertiary/aromatic N) is 5. The van der Waals surface area contributed by atoms with E-state index in [-0.39, 0.29) is 24.0 Å². The fourth-order valence-electron chi connectivity index (χ4n) is 4.31. The molecule has 9 heteroatoms. The molecule has 0 aliphatic carbocycles. The molecule has 2 aliphatic rings. The van der Waals surface area contributed by atoms with E-state index >= 15 is 0 Å². The molecule has 31 heavy (non-hydrogen) atoms. The van der Waals surface area contributed by atoms with Crippen molar-refractivity contribution < 1.29 is 4.74 Å². The van der Waals surface area contributed by atoms with Gasteiger partial charge >= 0.3 is 0 Å². The monoisotopic (exact) mass is 539 g/mol. The largest absolute Gasteiger partial charge is 0.495 e. The van der Waals surface area contributed by atoms with E-state index in [1.165, 1.54) is 19.3 Å². The van der Waals surface area contributed by atoms with Gasteiger partial charge in [0.15, 0.2) is 11.8 Å². The maximum Gasteiger partial charge on any atom is 0.191 e. The number of halogens is 1. The summed E-state index contributed by atoms with van der Waals surface area (Å²) in [4.78, 5) is 7.19. The molecular weight excluding hydrogens is 505 g/mol. The zero-order chi connectivity index (χ0) is 20.8. The molecule has 0 spiro atoms. The van der Waals surface area contributed by atoms with Gasteiger partial charge in [-0.25, -0.2) is 4.99 Å². The molecule has 1 saturated heterocycles. The third-order valence-electron chi connectivity index (χ3n) is 5.86. The predicted molar refractivity (Wildman–Crippen MR) is 135 cm³/mol. The number of aryl methyl sites for hydroxylation is 1. The van der Waals surface area contributed by atoms with Crippen LogP contribution in [-0.2, 0) is 19.5 Å². The Morgan fingerprint density at radius 3 is 2.90 bits per heavy atom. The summed E-state index contributed by atoms with van der Waals surface area (Å²) < 4.78 is 7.80. The van der Waals surface area contributed by atoms with E-state index in [4.69, 9.17) is 9.73 Å². The van der Waals surface area contributed by atoms with Crippen LogP contribution in [0, 0.1) is 0 Å². The first-order valence-corrected chi connectivity index (χ1v) is 11.1. The lowest BCUT2D eigenvalue weighted by atomic mass is 10.2. The Morgan fingerprint density at radius 1 is 1.19 bits per heavy atom. The van der Waals surface area contributed by atoms with E-state index in [1.54, 1.807) is 7.11 Å². The van der Waals surface area contributed by atoms with Gasteiger partial charge in [0.25, 0.3) is 0 Å². The Balaban J connectivity index is 0.00000272. The van der Waals surface area contributed by atoms with Gasteiger partial charge in [0.2, 0.25) is 0 Å². The van der Waals surface area contributed by atoms with E-state index in [2.05, 4.69) is 49.4 Å². The Morgan fingerprint density at radius 2 is 2.06 bits per heavy atom. The van der Waals surface area contributed by atoms with Gasteiger partial charge in [0.05, 0.1) is 12.8 Å². The number of guanidine groups is 1. The molecule has 0 bridgehead atoms. The molecule has 8 nitrogen and oxygen atoms in total. The van der Waals surface area contributed by atoms with Crippen molar-refractivity contribution in [3.63, 3.8) is 0 Å². The zero-order valence-corrected chi connectivity index (χ0v) is 20.8. The number of anilines is 1. The number of hydrogen-bond donors (Lipinski definition) is 2. The highest BCUT2D eigenvalue weighted by molar-refractivity contribution is 14.0. The molecule has 1 unspecified atom stereocenters. The van der Waals surface area contributed by atoms with E-state index in [0.29, 0.717) is 12.6 Å². The highest BCUT2D eigenvalue weighted by atomic mass is 127. The Hall–Kier alpha value is -2.04. The molecule has 0 amide bonds. The normalized spacial score (nSPS) is 18.7. The lowest BCUT2D eigenvalue weighted by molar-refractivity contribution is 0.415. The van der Waals surface area contributed by atoms with Crippen LogP contribution in [0.4, 0.5) is 5.69 Å². The number of benzene rings is 1. The van der Waals surface area contributed by atoms with Gasteiger partial charge in [-0.1, -0.05) is 18.6 Å². The SMILES string of the molecule is CCNC(=NCc1nnc2n1CCCCC2)NC1CCN(c2ccccc2OC)C1.I. The van der Waals surface area contributed by atoms with Crippen molar-refractivity contribution in [1.82, 2.24) is 25.4 Å². The summed E-state index contributed by atoms with van der Waals surface area (Å²) in [7, 11) is 1.73. The van der Waals surface area contributed by atoms with Crippen LogP contribution in [0.5, 0.6) is 5.75 Å². The minimum absolute atomic E-state index is 0. The van der Waals surface area contributed by atoms with E-state index in [1.807, 2.05) is 12.1 Å². The Kier molecular flexibility index (Phi) is 8.79. The molecule has 3 heterocycles. The Bertz CT molecular complexity index is 869. The van der Waals surface area contributed by atoms with Gasteiger partial charge in [-0.15, -0.1) is 34.2 Å². The van der Waals surface area contributed by atoms with Crippen LogP contribution < -0.4 is 20.3 Å². The maximum absolute atomic E-state index is 5.53. The summed E-state index contributed by atoms with van der Waals surface area (Å²) in [5, 5.41) is 15.8. The Labute approximate surface area is 201 Å². The minimum Gasteiger partial charge on any atom is -0.495 e. The second-order valence-corrected chi connectivity index (χ2v) is 7.94. The molecular formula is C22H34IN7O. The van der Waals surface area contributed by atoms with Crippen LogP contribution in [0.25, 0.3) is 0 Å². The van der Waals surface area contributed by atoms with Gasteiger partial charge in [-0.3, -0.25) is 0 Å². The molecule has 1 atom stereocenters. The van der Waals surface area contributed by atoms with Crippen molar-refractivity contribution in [2.75, 3.05) is 31.6 Å². The average molecular weight is 539 g/mol. The number of rotatable bonds is 6. The van der Waals surface area contributed by atoms with E-state index < -0.39 is 0 Å². The van der Waals surface area contributed by atoms with Crippen molar-refractivity contribution in [2.45, 2.75) is 58.2 Å². The number of methoxy groups -OCH3 is 1. The number of fused-ring (bicyclic) bond motifs is 1. The number of ether oxygens (including phenoxy) is 1. The highest BCUT2D eigenvalue weighted by Gasteiger charge is 2.25. The van der Waals surface area contributed by atoms with Crippen molar-refractivity contribution >= 4 is 35.6 Å². The van der Waals surface area contributed by atoms with Gasteiger partial charge in [0.1, 0.15) is 18.1 Å². The molecule has 2 aliphatic heterocycles. The first-order chi connectivity index (χ1) is 14.8. The lowest BCUT2D eigenvalue weighted by Gasteiger charge is -2.22. The molecule has 1 aromatic carbocycles. The number of aliphatic imine (C=N–C) groups is 1. The third kappa shape index (κ3) is 5.81. The number of hydrogen-bond acceptors (Lipinski definition) is 5. The molecule has 1 aromatic heterocycles. The smallest absolute Gasteiger partial charge is 0.191 e. The predicted octanol–water partition coefficient (Wildman–Crippen LogP) is 2.97. The fourth-order valence-corrected chi connectivity index (χ4v) is 4.31. The third-order valence-corrected chi connectivity index (χ3v) is 5.86. The van der Waals surface area contributed by atoms with Gasteiger partial charge in [-0.2, -0.15) is 0 Å². The molecule has 1 fully saturated rings. The van der Waals surface area contributed by atoms with Crippen molar-refractivity contribution in [2.24, 2.45) is 4.99 Å². The average Bonchev–Trinajstić information content (AvgIpc) is 3.32. The van der Waals surface area contributed by atoms with Crippen molar-refractivity contribution in [1.29, 1.82) is 0 Å². The first-order valence-electron chi connectivity index (χ1n) is 11.1. The summed E-state index contributed by atoms with van der Waals surface area (Å²) in [5.41, 5.74) is 1.15. The number of nitrogens with one attached hydrogen (secondary N) is 2. The topological polar surface area (TPSA) is 79.6 Å². The van der Waals surface area contributed by atoms with Crippen LogP contribution in [0.3, 0.4) is 0 Å². The highest BCUT2D eigenvalue weighted by Crippen LogP contribution is 2.30. The summed E-state index contributed by atoms with van der Waals surface area (Å²) in [6, 6.07) is 8.55. The van der Waals surface area contributed by atoms with E-state index in [9.17, 15) is 0 Å². The second kappa shape index (κ2) is 11.5. The number of aromatic nitrogens is 3. The first kappa shape index (κ1) is 23.6. The van der Waals surface area contributed by atoms with Crippen LogP contribution in [0.1, 0.15) is 44.3 Å². The standard InChI is InChI=1S/C22H33N7O.HI/c1-3-23-22(24-15-21-27-26-20-11-5-4-8-13-29(20)21)25-17-12-14-28(16-17)18-9-6-7-10-19(18)30-2;/h6-7,9-10,17H,3-5,8,11-16H2,1-2H3,(H2,23,24,25);1H. The minimum atomic E-state index is 0. The summed E-state index contributed by atoms with van der Waals surface area (Å²) >= 11 is 0. The number of para-hydroxylation sites is 2. The molecule has 4 rings (SSSR count). The fraction of sp³-hybridized carbons (Fsp3) is 0.591. The van der Waals surface area contributed by atoms with Crippen LogP contribution >= 0.6 is 24.0 Å². The van der Waals surface area contributed by atoms with Crippen LogP contribution in [0.15, 0.2) is 29.3 Å². The zero-order valence-electron chi connectivity index (χ0n) is 18.5. The quantitative estimate of drug-likeness (QED) is 0.334. The van der Waals surface area contributed by atoms with Crippen LogP contribution in [0.2, 0.25) is 0 Å². The molecule has 2 N–H and O–H groups in total. The van der Waals surface area contributed by atoms with E-state index in [0.717, 1.165) is 68.1 Å². The van der Waals surface area contributed by atoms with Crippen molar-refractivity contribution in [3.05, 3.63) is 35.9 Å². The van der Waals surface area contributed by atoms with Gasteiger partial charge in [0, 0.05) is 38.6 Å². The summed E-state index contributed by atoms with van der Waals surface area (Å²) in [5.74, 6) is 3.84. The lowest BCUT2D eigenvalue weighted by Crippen LogP contribution is -2.44. The van der Waals surface area contributed by atoms with Gasteiger partial charge < -0.3 is 24.8 Å². The van der Waals surface area contributed by atoms with Crippen molar-refractivity contribution in [3.8, 4) is 5.75 Å². The second-order valence-electron chi connectivity index (χ2n) is 7.94. The van der Waals surface area contributed by atoms with Gasteiger partial charge in [-0.05, 0) is 38.3 Å². The molecule has 0 saturated carbocycles. The molecule has 0 radical (unpaired) electrons.